The molecule has 7 nitrogen and oxygen atoms in total. The van der Waals surface area contributed by atoms with Crippen molar-refractivity contribution in [3.05, 3.63) is 42.0 Å². The molecule has 0 unspecified atom stereocenters. The van der Waals surface area contributed by atoms with Crippen LogP contribution in [0.15, 0.2) is 30.6 Å². The molecule has 34 heavy (non-hydrogen) atoms. The Bertz CT molecular complexity index is 1120. The number of aromatic nitrogens is 4. The van der Waals surface area contributed by atoms with E-state index in [4.69, 9.17) is 5.73 Å². The van der Waals surface area contributed by atoms with Crippen LogP contribution in [0.3, 0.4) is 0 Å². The molecule has 0 saturated heterocycles. The fraction of sp³-hybridized carbons (Fsp3) is 0.522. The predicted octanol–water partition coefficient (Wildman–Crippen LogP) is 5.35. The first-order chi connectivity index (χ1) is 15.9. The standard InChI is InChI=1S/C23H28F3N7.ClH/c24-18-8-4-3-7-17(18)23(25,26)32-20-19-21(33(13-28-19)16-5-1-2-6-16)31-22(30-20)29-15-11-9-14(27)10-12-15;/h3-4,7-8,13-16H,1-2,5-6,9-12,27H2,(H2,29,30,31,32);1H. The summed E-state index contributed by atoms with van der Waals surface area (Å²) < 4.78 is 46.3. The molecule has 2 fully saturated rings. The molecular formula is C23H29ClF3N7. The van der Waals surface area contributed by atoms with Crippen LogP contribution in [0.2, 0.25) is 0 Å². The molecule has 3 aromatic rings. The van der Waals surface area contributed by atoms with Crippen LogP contribution in [0.1, 0.15) is 63.0 Å². The summed E-state index contributed by atoms with van der Waals surface area (Å²) in [5, 5.41) is 5.45. The van der Waals surface area contributed by atoms with E-state index in [-0.39, 0.29) is 47.8 Å². The van der Waals surface area contributed by atoms with Crippen LogP contribution in [0, 0.1) is 5.82 Å². The van der Waals surface area contributed by atoms with Crippen LogP contribution in [-0.4, -0.2) is 31.6 Å². The molecule has 2 saturated carbocycles. The first-order valence-corrected chi connectivity index (χ1v) is 11.6. The number of nitrogens with zero attached hydrogens (tertiary/aromatic N) is 4. The molecule has 11 heteroatoms. The number of hydrogen-bond acceptors (Lipinski definition) is 6. The van der Waals surface area contributed by atoms with E-state index in [1.165, 1.54) is 12.1 Å². The summed E-state index contributed by atoms with van der Waals surface area (Å²) in [6, 6.07) is 1.66. The number of nitrogens with two attached hydrogens (primary N) is 1. The van der Waals surface area contributed by atoms with Gasteiger partial charge in [-0.2, -0.15) is 18.7 Å². The molecular weight excluding hydrogens is 467 g/mol. The highest BCUT2D eigenvalue weighted by Crippen LogP contribution is 2.36. The molecule has 2 aromatic heterocycles. The molecule has 5 rings (SSSR count). The lowest BCUT2D eigenvalue weighted by atomic mass is 9.92. The Morgan fingerprint density at radius 1 is 1.00 bits per heavy atom. The number of alkyl halides is 2. The Kier molecular flexibility index (Phi) is 7.18. The summed E-state index contributed by atoms with van der Waals surface area (Å²) in [6.07, 6.45) is 9.34. The quantitative estimate of drug-likeness (QED) is 0.399. The summed E-state index contributed by atoms with van der Waals surface area (Å²) in [5.41, 5.74) is 6.00. The molecule has 0 radical (unpaired) electrons. The van der Waals surface area contributed by atoms with Gasteiger partial charge in [0.25, 0.3) is 0 Å². The van der Waals surface area contributed by atoms with Crippen LogP contribution in [0.4, 0.5) is 24.9 Å². The van der Waals surface area contributed by atoms with E-state index in [2.05, 4.69) is 25.6 Å². The number of halogens is 4. The molecule has 4 N–H and O–H groups in total. The van der Waals surface area contributed by atoms with Crippen molar-refractivity contribution in [2.45, 2.75) is 75.5 Å². The minimum absolute atomic E-state index is 0. The second-order valence-electron chi connectivity index (χ2n) is 9.09. The Morgan fingerprint density at radius 3 is 2.41 bits per heavy atom. The zero-order valence-corrected chi connectivity index (χ0v) is 19.5. The zero-order valence-electron chi connectivity index (χ0n) is 18.7. The van der Waals surface area contributed by atoms with Crippen LogP contribution >= 0.6 is 12.4 Å². The van der Waals surface area contributed by atoms with Gasteiger partial charge in [-0.25, -0.2) is 9.37 Å². The van der Waals surface area contributed by atoms with Crippen molar-refractivity contribution in [2.24, 2.45) is 5.73 Å². The van der Waals surface area contributed by atoms with E-state index in [9.17, 15) is 4.39 Å². The maximum atomic E-state index is 15.1. The van der Waals surface area contributed by atoms with E-state index in [0.717, 1.165) is 63.5 Å². The van der Waals surface area contributed by atoms with E-state index in [0.29, 0.717) is 5.65 Å². The minimum Gasteiger partial charge on any atom is -0.351 e. The van der Waals surface area contributed by atoms with Crippen molar-refractivity contribution in [3.63, 3.8) is 0 Å². The van der Waals surface area contributed by atoms with Gasteiger partial charge in [-0.1, -0.05) is 25.0 Å². The lowest BCUT2D eigenvalue weighted by molar-refractivity contribution is 0.0244. The van der Waals surface area contributed by atoms with Crippen molar-refractivity contribution in [1.82, 2.24) is 19.5 Å². The van der Waals surface area contributed by atoms with Gasteiger partial charge in [0, 0.05) is 18.1 Å². The topological polar surface area (TPSA) is 93.7 Å². The number of anilines is 2. The summed E-state index contributed by atoms with van der Waals surface area (Å²) in [5.74, 6) is -0.858. The average Bonchev–Trinajstić information content (AvgIpc) is 3.45. The summed E-state index contributed by atoms with van der Waals surface area (Å²) in [4.78, 5) is 13.4. The van der Waals surface area contributed by atoms with Gasteiger partial charge in [0.2, 0.25) is 5.95 Å². The smallest absolute Gasteiger partial charge is 0.351 e. The predicted molar refractivity (Wildman–Crippen MR) is 128 cm³/mol. The second-order valence-corrected chi connectivity index (χ2v) is 9.09. The molecule has 2 aliphatic carbocycles. The highest BCUT2D eigenvalue weighted by molar-refractivity contribution is 5.85. The zero-order chi connectivity index (χ0) is 23.0. The van der Waals surface area contributed by atoms with Crippen LogP contribution in [0.5, 0.6) is 0 Å². The Labute approximate surface area is 202 Å². The van der Waals surface area contributed by atoms with Gasteiger partial charge in [0.1, 0.15) is 5.82 Å². The van der Waals surface area contributed by atoms with Gasteiger partial charge in [-0.3, -0.25) is 0 Å². The number of imidazole rings is 1. The SMILES string of the molecule is Cl.NC1CCC(Nc2nc(NC(F)(F)c3ccccc3F)c3ncn(C4CCCC4)c3n2)CC1. The number of hydrogen-bond donors (Lipinski definition) is 3. The average molecular weight is 496 g/mol. The monoisotopic (exact) mass is 495 g/mol. The Balaban J connectivity index is 0.00000274. The van der Waals surface area contributed by atoms with Crippen molar-refractivity contribution in [3.8, 4) is 0 Å². The number of rotatable bonds is 6. The minimum atomic E-state index is -3.68. The largest absolute Gasteiger partial charge is 0.354 e. The normalized spacial score (nSPS) is 21.4. The maximum Gasteiger partial charge on any atom is 0.354 e. The van der Waals surface area contributed by atoms with Gasteiger partial charge < -0.3 is 20.9 Å². The molecule has 184 valence electrons. The second kappa shape index (κ2) is 9.95. The van der Waals surface area contributed by atoms with Crippen LogP contribution in [0.25, 0.3) is 11.2 Å². The van der Waals surface area contributed by atoms with Crippen LogP contribution < -0.4 is 16.4 Å². The Hall–Kier alpha value is -2.59. The van der Waals surface area contributed by atoms with E-state index < -0.39 is 17.4 Å². The van der Waals surface area contributed by atoms with Crippen LogP contribution in [-0.2, 0) is 6.05 Å². The van der Waals surface area contributed by atoms with Gasteiger partial charge in [0.15, 0.2) is 17.0 Å². The van der Waals surface area contributed by atoms with Gasteiger partial charge in [-0.15, -0.1) is 12.4 Å². The van der Waals surface area contributed by atoms with Gasteiger partial charge in [0.05, 0.1) is 11.9 Å². The first kappa shape index (κ1) is 24.5. The van der Waals surface area contributed by atoms with E-state index >= 15 is 8.78 Å². The lowest BCUT2D eigenvalue weighted by Crippen LogP contribution is -2.33. The molecule has 2 aliphatic rings. The summed E-state index contributed by atoms with van der Waals surface area (Å²) in [6.45, 7) is 0. The lowest BCUT2D eigenvalue weighted by Gasteiger charge is -2.27. The third kappa shape index (κ3) is 4.93. The molecule has 0 spiro atoms. The fourth-order valence-electron chi connectivity index (χ4n) is 4.90. The van der Waals surface area contributed by atoms with E-state index in [1.54, 1.807) is 6.33 Å². The third-order valence-electron chi connectivity index (χ3n) is 6.73. The maximum absolute atomic E-state index is 15.1. The highest BCUT2D eigenvalue weighted by Gasteiger charge is 2.36. The molecule has 0 aliphatic heterocycles. The van der Waals surface area contributed by atoms with Crippen molar-refractivity contribution < 1.29 is 13.2 Å². The molecule has 0 bridgehead atoms. The van der Waals surface area contributed by atoms with E-state index in [1.807, 2.05) is 4.57 Å². The van der Waals surface area contributed by atoms with Gasteiger partial charge >= 0.3 is 6.05 Å². The number of nitrogens with one attached hydrogen (secondary N) is 2. The number of benzene rings is 1. The number of fused-ring (bicyclic) bond motifs is 1. The molecule has 2 heterocycles. The summed E-state index contributed by atoms with van der Waals surface area (Å²) >= 11 is 0. The Morgan fingerprint density at radius 2 is 1.71 bits per heavy atom. The van der Waals surface area contributed by atoms with Gasteiger partial charge in [-0.05, 0) is 50.7 Å². The van der Waals surface area contributed by atoms with Crippen molar-refractivity contribution >= 4 is 35.3 Å². The molecule has 0 amide bonds. The fourth-order valence-corrected chi connectivity index (χ4v) is 4.90. The summed E-state index contributed by atoms with van der Waals surface area (Å²) in [7, 11) is 0. The molecule has 0 atom stereocenters. The third-order valence-corrected chi connectivity index (χ3v) is 6.73. The van der Waals surface area contributed by atoms with Crippen molar-refractivity contribution in [1.29, 1.82) is 0 Å². The van der Waals surface area contributed by atoms with Crippen molar-refractivity contribution in [2.75, 3.05) is 10.6 Å². The molecule has 1 aromatic carbocycles. The first-order valence-electron chi connectivity index (χ1n) is 11.6. The highest BCUT2D eigenvalue weighted by atomic mass is 35.5.